The monoisotopic (exact) mass is 510 g/mol. The summed E-state index contributed by atoms with van der Waals surface area (Å²) >= 11 is 1.19. The summed E-state index contributed by atoms with van der Waals surface area (Å²) in [5.74, 6) is -0.0538. The van der Waals surface area contributed by atoms with E-state index in [1.165, 1.54) is 43.8 Å². The zero-order valence-corrected chi connectivity index (χ0v) is 20.5. The largest absolute Gasteiger partial charge is 0.507 e. The summed E-state index contributed by atoms with van der Waals surface area (Å²) in [6.07, 6.45) is 1.53. The third kappa shape index (κ3) is 3.77. The van der Waals surface area contributed by atoms with Crippen LogP contribution in [0.4, 0.5) is 5.13 Å². The molecule has 3 heterocycles. The fourth-order valence-electron chi connectivity index (χ4n) is 4.29. The van der Waals surface area contributed by atoms with E-state index in [1.807, 2.05) is 0 Å². The SMILES string of the molecule is COc1cc(C2C(=C(O)c3ccc4c(c3)OCCO4)C(=O)C(=O)N2c2nccs2)cc(OC)c1OC. The summed E-state index contributed by atoms with van der Waals surface area (Å²) in [7, 11) is 4.41. The lowest BCUT2D eigenvalue weighted by Crippen LogP contribution is -2.29. The van der Waals surface area contributed by atoms with Gasteiger partial charge in [-0.3, -0.25) is 14.5 Å². The molecule has 10 nitrogen and oxygen atoms in total. The minimum absolute atomic E-state index is 0.110. The van der Waals surface area contributed by atoms with Gasteiger partial charge in [0.15, 0.2) is 28.1 Å². The van der Waals surface area contributed by atoms with E-state index in [1.54, 1.807) is 35.7 Å². The first-order valence-electron chi connectivity index (χ1n) is 10.9. The lowest BCUT2D eigenvalue weighted by atomic mass is 9.94. The molecule has 0 saturated carbocycles. The van der Waals surface area contributed by atoms with Crippen molar-refractivity contribution in [1.29, 1.82) is 0 Å². The van der Waals surface area contributed by atoms with Crippen LogP contribution < -0.4 is 28.6 Å². The molecule has 11 heteroatoms. The summed E-state index contributed by atoms with van der Waals surface area (Å²) in [5.41, 5.74) is 0.646. The first-order chi connectivity index (χ1) is 17.5. The van der Waals surface area contributed by atoms with Gasteiger partial charge in [-0.15, -0.1) is 11.3 Å². The Balaban J connectivity index is 1.73. The molecule has 1 unspecified atom stereocenters. The molecule has 1 amide bonds. The van der Waals surface area contributed by atoms with Gasteiger partial charge in [-0.2, -0.15) is 0 Å². The number of Topliss-reactive ketones (excluding diaryl/α,β-unsaturated/α-hetero) is 1. The predicted molar refractivity (Wildman–Crippen MR) is 130 cm³/mol. The van der Waals surface area contributed by atoms with Gasteiger partial charge in [-0.25, -0.2) is 4.98 Å². The standard InChI is InChI=1S/C25H22N2O8S/c1-31-17-11-14(12-18(32-2)23(17)33-3)20-19(22(29)24(30)27(20)25-26-6-9-36-25)21(28)13-4-5-15-16(10-13)35-8-7-34-15/h4-6,9-12,20,28H,7-8H2,1-3H3. The van der Waals surface area contributed by atoms with Crippen LogP contribution in [0, 0.1) is 0 Å². The van der Waals surface area contributed by atoms with Gasteiger partial charge in [-0.1, -0.05) is 0 Å². The minimum Gasteiger partial charge on any atom is -0.507 e. The van der Waals surface area contributed by atoms with Crippen LogP contribution in [0.25, 0.3) is 5.76 Å². The number of carbonyl (C=O) groups excluding carboxylic acids is 2. The fourth-order valence-corrected chi connectivity index (χ4v) is 4.95. The highest BCUT2D eigenvalue weighted by molar-refractivity contribution is 7.14. The van der Waals surface area contributed by atoms with Crippen LogP contribution in [0.3, 0.4) is 0 Å². The highest BCUT2D eigenvalue weighted by Gasteiger charge is 2.48. The highest BCUT2D eigenvalue weighted by atomic mass is 32.1. The Morgan fingerprint density at radius 2 is 1.72 bits per heavy atom. The maximum Gasteiger partial charge on any atom is 0.301 e. The predicted octanol–water partition coefficient (Wildman–Crippen LogP) is 3.57. The van der Waals surface area contributed by atoms with Crippen molar-refractivity contribution in [3.8, 4) is 28.7 Å². The fraction of sp³-hybridized carbons (Fsp3) is 0.240. The quantitative estimate of drug-likeness (QED) is 0.302. The number of anilines is 1. The molecule has 2 aliphatic heterocycles. The minimum atomic E-state index is -1.02. The smallest absolute Gasteiger partial charge is 0.301 e. The van der Waals surface area contributed by atoms with E-state index in [-0.39, 0.29) is 11.3 Å². The van der Waals surface area contributed by atoms with E-state index < -0.39 is 17.7 Å². The first kappa shape index (κ1) is 23.5. The Morgan fingerprint density at radius 1 is 1.03 bits per heavy atom. The average Bonchev–Trinajstić information content (AvgIpc) is 3.53. The number of fused-ring (bicyclic) bond motifs is 1. The molecule has 0 bridgehead atoms. The van der Waals surface area contributed by atoms with Crippen LogP contribution in [-0.2, 0) is 9.59 Å². The molecule has 3 aromatic rings. The molecule has 1 aromatic heterocycles. The topological polar surface area (TPSA) is 117 Å². The number of aromatic nitrogens is 1. The van der Waals surface area contributed by atoms with Crippen LogP contribution in [0.1, 0.15) is 17.2 Å². The number of nitrogens with zero attached hydrogens (tertiary/aromatic N) is 2. The van der Waals surface area contributed by atoms with Crippen molar-refractivity contribution in [3.05, 3.63) is 58.6 Å². The van der Waals surface area contributed by atoms with Crippen molar-refractivity contribution in [2.75, 3.05) is 39.4 Å². The molecule has 36 heavy (non-hydrogen) atoms. The molecule has 0 spiro atoms. The van der Waals surface area contributed by atoms with Crippen LogP contribution in [-0.4, -0.2) is 56.3 Å². The Labute approximate surface area is 210 Å². The Hall–Kier alpha value is -4.25. The molecule has 0 radical (unpaired) electrons. The number of thiazole rings is 1. The van der Waals surface area contributed by atoms with Gasteiger partial charge in [0.25, 0.3) is 5.78 Å². The average molecular weight is 511 g/mol. The molecular formula is C25H22N2O8S. The number of aliphatic hydroxyl groups excluding tert-OH is 1. The number of hydrogen-bond donors (Lipinski definition) is 1. The zero-order valence-electron chi connectivity index (χ0n) is 19.6. The van der Waals surface area contributed by atoms with E-state index in [2.05, 4.69) is 4.98 Å². The van der Waals surface area contributed by atoms with Crippen molar-refractivity contribution >= 4 is 33.9 Å². The number of ether oxygens (including phenoxy) is 5. The molecule has 1 fully saturated rings. The zero-order chi connectivity index (χ0) is 25.4. The summed E-state index contributed by atoms with van der Waals surface area (Å²) in [6, 6.07) is 7.08. The molecule has 2 aromatic carbocycles. The molecule has 2 aliphatic rings. The van der Waals surface area contributed by atoms with E-state index in [0.717, 1.165) is 0 Å². The third-order valence-electron chi connectivity index (χ3n) is 5.89. The maximum absolute atomic E-state index is 13.4. The van der Waals surface area contributed by atoms with E-state index in [4.69, 9.17) is 23.7 Å². The van der Waals surface area contributed by atoms with Crippen molar-refractivity contribution in [2.45, 2.75) is 6.04 Å². The molecule has 1 N–H and O–H groups in total. The van der Waals surface area contributed by atoms with E-state index in [9.17, 15) is 14.7 Å². The highest BCUT2D eigenvalue weighted by Crippen LogP contribution is 2.47. The van der Waals surface area contributed by atoms with Crippen molar-refractivity contribution in [1.82, 2.24) is 4.98 Å². The maximum atomic E-state index is 13.4. The molecule has 1 atom stereocenters. The molecule has 1 saturated heterocycles. The van der Waals surface area contributed by atoms with Crippen LogP contribution in [0.15, 0.2) is 47.5 Å². The molecule has 0 aliphatic carbocycles. The molecule has 186 valence electrons. The number of benzene rings is 2. The summed E-state index contributed by atoms with van der Waals surface area (Å²) in [4.78, 5) is 32.1. The summed E-state index contributed by atoms with van der Waals surface area (Å²) in [6.45, 7) is 0.773. The van der Waals surface area contributed by atoms with Crippen LogP contribution >= 0.6 is 11.3 Å². The summed E-state index contributed by atoms with van der Waals surface area (Å²) in [5, 5.41) is 13.4. The number of hydrogen-bond acceptors (Lipinski definition) is 10. The van der Waals surface area contributed by atoms with Gasteiger partial charge >= 0.3 is 5.91 Å². The second kappa shape index (κ2) is 9.42. The van der Waals surface area contributed by atoms with Gasteiger partial charge in [0.1, 0.15) is 19.0 Å². The van der Waals surface area contributed by atoms with Gasteiger partial charge in [-0.05, 0) is 35.9 Å². The number of carbonyl (C=O) groups is 2. The second-order valence-electron chi connectivity index (χ2n) is 7.80. The molecule has 5 rings (SSSR count). The lowest BCUT2D eigenvalue weighted by molar-refractivity contribution is -0.132. The van der Waals surface area contributed by atoms with Crippen molar-refractivity contribution < 1.29 is 38.4 Å². The normalized spacial score (nSPS) is 18.3. The second-order valence-corrected chi connectivity index (χ2v) is 8.67. The Bertz CT molecular complexity index is 1340. The number of aliphatic hydroxyl groups is 1. The summed E-state index contributed by atoms with van der Waals surface area (Å²) < 4.78 is 27.6. The van der Waals surface area contributed by atoms with E-state index in [0.29, 0.717) is 58.2 Å². The number of amides is 1. The lowest BCUT2D eigenvalue weighted by Gasteiger charge is -2.25. The van der Waals surface area contributed by atoms with Gasteiger partial charge < -0.3 is 28.8 Å². The Kier molecular flexibility index (Phi) is 6.15. The van der Waals surface area contributed by atoms with Gasteiger partial charge in [0.05, 0.1) is 32.9 Å². The number of methoxy groups -OCH3 is 3. The van der Waals surface area contributed by atoms with Gasteiger partial charge in [0.2, 0.25) is 5.75 Å². The first-order valence-corrected chi connectivity index (χ1v) is 11.8. The van der Waals surface area contributed by atoms with Gasteiger partial charge in [0, 0.05) is 17.1 Å². The van der Waals surface area contributed by atoms with Crippen LogP contribution in [0.2, 0.25) is 0 Å². The van der Waals surface area contributed by atoms with Crippen molar-refractivity contribution in [2.24, 2.45) is 0 Å². The third-order valence-corrected chi connectivity index (χ3v) is 6.66. The molecular weight excluding hydrogens is 488 g/mol. The van der Waals surface area contributed by atoms with Crippen LogP contribution in [0.5, 0.6) is 28.7 Å². The Morgan fingerprint density at radius 3 is 2.33 bits per heavy atom. The van der Waals surface area contributed by atoms with Crippen molar-refractivity contribution in [3.63, 3.8) is 0 Å². The number of ketones is 1. The van der Waals surface area contributed by atoms with E-state index >= 15 is 0 Å². The number of rotatable bonds is 6.